The number of hydrogen-bond acceptors (Lipinski definition) is 3. The number of nitrogens with zero attached hydrogens (tertiary/aromatic N) is 2. The second kappa shape index (κ2) is 9.92. The first kappa shape index (κ1) is 19.9. The van der Waals surface area contributed by atoms with Crippen LogP contribution in [0.3, 0.4) is 0 Å². The molecule has 0 bridgehead atoms. The van der Waals surface area contributed by atoms with Gasteiger partial charge in [0.1, 0.15) is 5.69 Å². The SMILES string of the molecule is CCCCN(C)C(=O)c1ccnc(C(=O)NCCc2cccc(Cl)c2)c1. The third-order valence-electron chi connectivity index (χ3n) is 4.02. The first-order valence-electron chi connectivity index (χ1n) is 8.75. The first-order valence-corrected chi connectivity index (χ1v) is 9.13. The maximum absolute atomic E-state index is 12.4. The number of aromatic nitrogens is 1. The number of amides is 2. The van der Waals surface area contributed by atoms with E-state index in [-0.39, 0.29) is 17.5 Å². The van der Waals surface area contributed by atoms with E-state index < -0.39 is 0 Å². The van der Waals surface area contributed by atoms with Crippen LogP contribution < -0.4 is 5.32 Å². The summed E-state index contributed by atoms with van der Waals surface area (Å²) >= 11 is 5.95. The third kappa shape index (κ3) is 5.85. The van der Waals surface area contributed by atoms with Crippen LogP contribution in [0.15, 0.2) is 42.6 Å². The van der Waals surface area contributed by atoms with Crippen LogP contribution in [0.4, 0.5) is 0 Å². The lowest BCUT2D eigenvalue weighted by Crippen LogP contribution is -2.29. The normalized spacial score (nSPS) is 10.4. The Labute approximate surface area is 159 Å². The second-order valence-electron chi connectivity index (χ2n) is 6.15. The molecule has 0 aliphatic carbocycles. The van der Waals surface area contributed by atoms with Crippen LogP contribution in [0.5, 0.6) is 0 Å². The lowest BCUT2D eigenvalue weighted by atomic mass is 10.1. The number of carbonyl (C=O) groups is 2. The molecule has 2 amide bonds. The quantitative estimate of drug-likeness (QED) is 0.769. The number of rotatable bonds is 8. The minimum atomic E-state index is -0.294. The highest BCUT2D eigenvalue weighted by molar-refractivity contribution is 6.30. The Morgan fingerprint density at radius 2 is 2.04 bits per heavy atom. The summed E-state index contributed by atoms with van der Waals surface area (Å²) < 4.78 is 0. The molecule has 0 aliphatic rings. The summed E-state index contributed by atoms with van der Waals surface area (Å²) in [5, 5.41) is 3.50. The van der Waals surface area contributed by atoms with Gasteiger partial charge in [-0.1, -0.05) is 37.1 Å². The highest BCUT2D eigenvalue weighted by atomic mass is 35.5. The molecule has 0 atom stereocenters. The van der Waals surface area contributed by atoms with Gasteiger partial charge in [-0.25, -0.2) is 0 Å². The molecule has 1 heterocycles. The zero-order chi connectivity index (χ0) is 18.9. The lowest BCUT2D eigenvalue weighted by Gasteiger charge is -2.16. The average Bonchev–Trinajstić information content (AvgIpc) is 2.65. The average molecular weight is 374 g/mol. The van der Waals surface area contributed by atoms with Gasteiger partial charge < -0.3 is 10.2 Å². The van der Waals surface area contributed by atoms with Crippen molar-refractivity contribution in [3.8, 4) is 0 Å². The molecule has 0 aliphatic heterocycles. The number of carbonyl (C=O) groups excluding carboxylic acids is 2. The fourth-order valence-corrected chi connectivity index (χ4v) is 2.72. The van der Waals surface area contributed by atoms with Crippen LogP contribution in [0.25, 0.3) is 0 Å². The molecular formula is C20H24ClN3O2. The van der Waals surface area contributed by atoms with E-state index >= 15 is 0 Å². The van der Waals surface area contributed by atoms with Crippen molar-refractivity contribution in [1.29, 1.82) is 0 Å². The zero-order valence-corrected chi connectivity index (χ0v) is 15.9. The van der Waals surface area contributed by atoms with Crippen LogP contribution >= 0.6 is 11.6 Å². The Morgan fingerprint density at radius 3 is 2.77 bits per heavy atom. The Bertz CT molecular complexity index is 764. The molecule has 6 heteroatoms. The van der Waals surface area contributed by atoms with Gasteiger partial charge in [-0.3, -0.25) is 14.6 Å². The fraction of sp³-hybridized carbons (Fsp3) is 0.350. The van der Waals surface area contributed by atoms with Crippen LogP contribution in [-0.4, -0.2) is 41.8 Å². The van der Waals surface area contributed by atoms with E-state index in [0.717, 1.165) is 18.4 Å². The number of pyridine rings is 1. The second-order valence-corrected chi connectivity index (χ2v) is 6.58. The molecule has 0 spiro atoms. The molecule has 1 aromatic heterocycles. The molecule has 0 radical (unpaired) electrons. The Balaban J connectivity index is 1.93. The molecule has 1 aromatic carbocycles. The summed E-state index contributed by atoms with van der Waals surface area (Å²) in [6.07, 6.45) is 4.13. The van der Waals surface area contributed by atoms with Crippen molar-refractivity contribution in [1.82, 2.24) is 15.2 Å². The molecule has 0 fully saturated rings. The van der Waals surface area contributed by atoms with Crippen molar-refractivity contribution < 1.29 is 9.59 Å². The number of benzene rings is 1. The lowest BCUT2D eigenvalue weighted by molar-refractivity contribution is 0.0793. The summed E-state index contributed by atoms with van der Waals surface area (Å²) in [5.41, 5.74) is 1.76. The van der Waals surface area contributed by atoms with E-state index in [1.54, 1.807) is 24.1 Å². The van der Waals surface area contributed by atoms with E-state index in [2.05, 4.69) is 17.2 Å². The third-order valence-corrected chi connectivity index (χ3v) is 4.26. The Morgan fingerprint density at radius 1 is 1.23 bits per heavy atom. The minimum Gasteiger partial charge on any atom is -0.350 e. The van der Waals surface area contributed by atoms with Gasteiger partial charge in [0.15, 0.2) is 0 Å². The molecular weight excluding hydrogens is 350 g/mol. The van der Waals surface area contributed by atoms with Crippen molar-refractivity contribution in [2.45, 2.75) is 26.2 Å². The summed E-state index contributed by atoms with van der Waals surface area (Å²) in [7, 11) is 1.77. The van der Waals surface area contributed by atoms with Crippen molar-refractivity contribution in [2.75, 3.05) is 20.1 Å². The van der Waals surface area contributed by atoms with Crippen molar-refractivity contribution in [3.05, 3.63) is 64.4 Å². The van der Waals surface area contributed by atoms with Gasteiger partial charge in [0, 0.05) is 36.9 Å². The molecule has 0 saturated heterocycles. The van der Waals surface area contributed by atoms with E-state index in [1.807, 2.05) is 24.3 Å². The Hall–Kier alpha value is -2.40. The van der Waals surface area contributed by atoms with Gasteiger partial charge in [-0.15, -0.1) is 0 Å². The van der Waals surface area contributed by atoms with Crippen molar-refractivity contribution in [2.24, 2.45) is 0 Å². The van der Waals surface area contributed by atoms with Crippen LogP contribution in [0, 0.1) is 0 Å². The number of unbranched alkanes of at least 4 members (excludes halogenated alkanes) is 1. The number of nitrogens with one attached hydrogen (secondary N) is 1. The molecule has 1 N–H and O–H groups in total. The van der Waals surface area contributed by atoms with Gasteiger partial charge in [0.25, 0.3) is 11.8 Å². The number of hydrogen-bond donors (Lipinski definition) is 1. The summed E-state index contributed by atoms with van der Waals surface area (Å²) in [6.45, 7) is 3.24. The molecule has 0 saturated carbocycles. The van der Waals surface area contributed by atoms with Gasteiger partial charge in [-0.05, 0) is 42.7 Å². The van der Waals surface area contributed by atoms with Crippen LogP contribution in [-0.2, 0) is 6.42 Å². The summed E-state index contributed by atoms with van der Waals surface area (Å²) in [6, 6.07) is 10.7. The van der Waals surface area contributed by atoms with E-state index in [4.69, 9.17) is 11.6 Å². The predicted molar refractivity (Wildman–Crippen MR) is 104 cm³/mol. The van der Waals surface area contributed by atoms with Gasteiger partial charge in [-0.2, -0.15) is 0 Å². The largest absolute Gasteiger partial charge is 0.350 e. The van der Waals surface area contributed by atoms with Crippen LogP contribution in [0.1, 0.15) is 46.2 Å². The summed E-state index contributed by atoms with van der Waals surface area (Å²) in [4.78, 5) is 30.4. The van der Waals surface area contributed by atoms with Crippen LogP contribution in [0.2, 0.25) is 5.02 Å². The van der Waals surface area contributed by atoms with Gasteiger partial charge >= 0.3 is 0 Å². The standard InChI is InChI=1S/C20H24ClN3O2/c1-3-4-12-24(2)20(26)16-9-11-22-18(14-16)19(25)23-10-8-15-6-5-7-17(21)13-15/h5-7,9,11,13-14H,3-4,8,10,12H2,1-2H3,(H,23,25). The maximum atomic E-state index is 12.4. The molecule has 5 nitrogen and oxygen atoms in total. The van der Waals surface area contributed by atoms with E-state index in [0.29, 0.717) is 30.1 Å². The maximum Gasteiger partial charge on any atom is 0.269 e. The molecule has 0 unspecified atom stereocenters. The van der Waals surface area contributed by atoms with Gasteiger partial charge in [0.2, 0.25) is 0 Å². The zero-order valence-electron chi connectivity index (χ0n) is 15.2. The highest BCUT2D eigenvalue weighted by Crippen LogP contribution is 2.11. The topological polar surface area (TPSA) is 62.3 Å². The molecule has 2 rings (SSSR count). The molecule has 26 heavy (non-hydrogen) atoms. The Kier molecular flexibility index (Phi) is 7.60. The first-order chi connectivity index (χ1) is 12.5. The van der Waals surface area contributed by atoms with Gasteiger partial charge in [0.05, 0.1) is 0 Å². The van der Waals surface area contributed by atoms with E-state index in [1.165, 1.54) is 6.20 Å². The summed E-state index contributed by atoms with van der Waals surface area (Å²) in [5.74, 6) is -0.397. The smallest absolute Gasteiger partial charge is 0.269 e. The predicted octanol–water partition coefficient (Wildman–Crippen LogP) is 3.58. The molecule has 2 aromatic rings. The molecule has 138 valence electrons. The van der Waals surface area contributed by atoms with E-state index in [9.17, 15) is 9.59 Å². The van der Waals surface area contributed by atoms with Crippen molar-refractivity contribution in [3.63, 3.8) is 0 Å². The highest BCUT2D eigenvalue weighted by Gasteiger charge is 2.14. The monoisotopic (exact) mass is 373 g/mol. The fourth-order valence-electron chi connectivity index (χ4n) is 2.51. The van der Waals surface area contributed by atoms with Crippen molar-refractivity contribution >= 4 is 23.4 Å². The number of halogens is 1. The minimum absolute atomic E-state index is 0.103.